The molecule has 1 aromatic rings. The summed E-state index contributed by atoms with van der Waals surface area (Å²) >= 11 is 0. The fraction of sp³-hybridized carbons (Fsp3) is 0.308. The standard InChI is InChI=1S/C13H14N2O3/c1-8-10(13(18)15(2)12(8)17)11(16)14-9-6-4-3-5-7-9/h3-8,10H,1-2H3,(H,14,16). The maximum atomic E-state index is 12.0. The largest absolute Gasteiger partial charge is 0.325 e. The zero-order valence-corrected chi connectivity index (χ0v) is 10.2. The molecule has 5 heteroatoms. The van der Waals surface area contributed by atoms with Crippen LogP contribution < -0.4 is 5.32 Å². The number of nitrogens with zero attached hydrogens (tertiary/aromatic N) is 1. The van der Waals surface area contributed by atoms with Crippen LogP contribution in [-0.2, 0) is 14.4 Å². The predicted molar refractivity (Wildman–Crippen MR) is 65.5 cm³/mol. The average Bonchev–Trinajstić information content (AvgIpc) is 2.55. The van der Waals surface area contributed by atoms with Crippen LogP contribution in [-0.4, -0.2) is 29.7 Å². The Balaban J connectivity index is 2.15. The predicted octanol–water partition coefficient (Wildman–Crippen LogP) is 0.876. The van der Waals surface area contributed by atoms with Gasteiger partial charge in [0.1, 0.15) is 5.92 Å². The Morgan fingerprint density at radius 1 is 1.17 bits per heavy atom. The van der Waals surface area contributed by atoms with Crippen molar-refractivity contribution in [1.29, 1.82) is 0 Å². The van der Waals surface area contributed by atoms with E-state index in [9.17, 15) is 14.4 Å². The lowest BCUT2D eigenvalue weighted by Crippen LogP contribution is -2.32. The maximum Gasteiger partial charge on any atom is 0.242 e. The van der Waals surface area contributed by atoms with E-state index in [4.69, 9.17) is 0 Å². The van der Waals surface area contributed by atoms with Crippen LogP contribution in [0.1, 0.15) is 6.92 Å². The highest BCUT2D eigenvalue weighted by atomic mass is 16.2. The maximum absolute atomic E-state index is 12.0. The number of anilines is 1. The minimum Gasteiger partial charge on any atom is -0.325 e. The molecule has 0 aliphatic carbocycles. The van der Waals surface area contributed by atoms with E-state index in [0.29, 0.717) is 5.69 Å². The summed E-state index contributed by atoms with van der Waals surface area (Å²) in [5.74, 6) is -2.72. The van der Waals surface area contributed by atoms with Gasteiger partial charge in [0.2, 0.25) is 17.7 Å². The normalized spacial score (nSPS) is 23.3. The summed E-state index contributed by atoms with van der Waals surface area (Å²) in [7, 11) is 1.40. The number of carbonyl (C=O) groups is 3. The number of benzene rings is 1. The van der Waals surface area contributed by atoms with E-state index < -0.39 is 23.7 Å². The van der Waals surface area contributed by atoms with Gasteiger partial charge in [0.15, 0.2) is 0 Å². The van der Waals surface area contributed by atoms with E-state index in [1.807, 2.05) is 6.07 Å². The molecule has 1 aliphatic heterocycles. The summed E-state index contributed by atoms with van der Waals surface area (Å²) in [6.07, 6.45) is 0. The van der Waals surface area contributed by atoms with Crippen molar-refractivity contribution in [3.8, 4) is 0 Å². The van der Waals surface area contributed by atoms with Gasteiger partial charge in [-0.05, 0) is 12.1 Å². The van der Waals surface area contributed by atoms with Gasteiger partial charge in [-0.1, -0.05) is 25.1 Å². The van der Waals surface area contributed by atoms with Crippen molar-refractivity contribution in [3.63, 3.8) is 0 Å². The molecule has 0 bridgehead atoms. The number of rotatable bonds is 2. The second-order valence-corrected chi connectivity index (χ2v) is 4.36. The van der Waals surface area contributed by atoms with Crippen LogP contribution >= 0.6 is 0 Å². The highest BCUT2D eigenvalue weighted by Gasteiger charge is 2.47. The molecule has 1 heterocycles. The first-order chi connectivity index (χ1) is 8.52. The monoisotopic (exact) mass is 246 g/mol. The van der Waals surface area contributed by atoms with E-state index in [1.54, 1.807) is 31.2 Å². The second kappa shape index (κ2) is 4.60. The molecule has 2 atom stereocenters. The summed E-state index contributed by atoms with van der Waals surface area (Å²) in [6, 6.07) is 8.86. The zero-order valence-electron chi connectivity index (χ0n) is 10.2. The van der Waals surface area contributed by atoms with E-state index in [-0.39, 0.29) is 5.91 Å². The SMILES string of the molecule is CC1C(=O)N(C)C(=O)C1C(=O)Nc1ccccc1. The number of imide groups is 1. The number of amides is 3. The second-order valence-electron chi connectivity index (χ2n) is 4.36. The van der Waals surface area contributed by atoms with Crippen LogP contribution in [0.15, 0.2) is 30.3 Å². The molecule has 0 saturated carbocycles. The Labute approximate surface area is 105 Å². The van der Waals surface area contributed by atoms with Gasteiger partial charge < -0.3 is 5.32 Å². The third-order valence-electron chi connectivity index (χ3n) is 3.14. The Kier molecular flexibility index (Phi) is 3.14. The van der Waals surface area contributed by atoms with Crippen LogP contribution in [0.3, 0.4) is 0 Å². The lowest BCUT2D eigenvalue weighted by atomic mass is 9.96. The Morgan fingerprint density at radius 2 is 1.78 bits per heavy atom. The molecule has 94 valence electrons. The lowest BCUT2D eigenvalue weighted by Gasteiger charge is -2.11. The van der Waals surface area contributed by atoms with Crippen LogP contribution in [0.2, 0.25) is 0 Å². The van der Waals surface area contributed by atoms with Crippen molar-refractivity contribution in [2.75, 3.05) is 12.4 Å². The first kappa shape index (κ1) is 12.3. The van der Waals surface area contributed by atoms with Crippen molar-refractivity contribution in [1.82, 2.24) is 4.90 Å². The molecule has 2 unspecified atom stereocenters. The van der Waals surface area contributed by atoms with Crippen LogP contribution in [0, 0.1) is 11.8 Å². The number of carbonyl (C=O) groups excluding carboxylic acids is 3. The molecule has 0 aromatic heterocycles. The molecule has 0 spiro atoms. The van der Waals surface area contributed by atoms with Crippen molar-refractivity contribution >= 4 is 23.4 Å². The molecule has 3 amide bonds. The van der Waals surface area contributed by atoms with Gasteiger partial charge in [-0.15, -0.1) is 0 Å². The molecule has 2 rings (SSSR count). The van der Waals surface area contributed by atoms with E-state index >= 15 is 0 Å². The van der Waals surface area contributed by atoms with E-state index in [1.165, 1.54) is 7.05 Å². The molecule has 1 N–H and O–H groups in total. The zero-order chi connectivity index (χ0) is 13.3. The molecule has 0 radical (unpaired) electrons. The van der Waals surface area contributed by atoms with Crippen LogP contribution in [0.25, 0.3) is 0 Å². The van der Waals surface area contributed by atoms with Crippen molar-refractivity contribution in [2.24, 2.45) is 11.8 Å². The van der Waals surface area contributed by atoms with Crippen molar-refractivity contribution in [3.05, 3.63) is 30.3 Å². The van der Waals surface area contributed by atoms with Crippen LogP contribution in [0.5, 0.6) is 0 Å². The summed E-state index contributed by atoms with van der Waals surface area (Å²) in [5.41, 5.74) is 0.615. The van der Waals surface area contributed by atoms with Gasteiger partial charge in [-0.25, -0.2) is 0 Å². The topological polar surface area (TPSA) is 66.5 Å². The van der Waals surface area contributed by atoms with Crippen molar-refractivity contribution in [2.45, 2.75) is 6.92 Å². The van der Waals surface area contributed by atoms with Crippen molar-refractivity contribution < 1.29 is 14.4 Å². The summed E-state index contributed by atoms with van der Waals surface area (Å²) in [5, 5.41) is 2.65. The molecule has 5 nitrogen and oxygen atoms in total. The highest BCUT2D eigenvalue weighted by molar-refractivity contribution is 6.17. The Bertz CT molecular complexity index is 498. The number of nitrogens with one attached hydrogen (secondary N) is 1. The summed E-state index contributed by atoms with van der Waals surface area (Å²) in [6.45, 7) is 1.60. The summed E-state index contributed by atoms with van der Waals surface area (Å²) in [4.78, 5) is 36.4. The summed E-state index contributed by atoms with van der Waals surface area (Å²) < 4.78 is 0. The Morgan fingerprint density at radius 3 is 2.28 bits per heavy atom. The van der Waals surface area contributed by atoms with Gasteiger partial charge in [0.25, 0.3) is 0 Å². The number of para-hydroxylation sites is 1. The van der Waals surface area contributed by atoms with Gasteiger partial charge >= 0.3 is 0 Å². The minimum atomic E-state index is -0.928. The van der Waals surface area contributed by atoms with Gasteiger partial charge in [-0.3, -0.25) is 19.3 Å². The average molecular weight is 246 g/mol. The van der Waals surface area contributed by atoms with Gasteiger partial charge in [0, 0.05) is 12.7 Å². The minimum absolute atomic E-state index is 0.312. The number of likely N-dealkylation sites (tertiary alicyclic amines) is 1. The number of hydrogen-bond donors (Lipinski definition) is 1. The van der Waals surface area contributed by atoms with Crippen LogP contribution in [0.4, 0.5) is 5.69 Å². The smallest absolute Gasteiger partial charge is 0.242 e. The molecule has 1 aromatic carbocycles. The first-order valence-corrected chi connectivity index (χ1v) is 5.69. The third-order valence-corrected chi connectivity index (χ3v) is 3.14. The fourth-order valence-corrected chi connectivity index (χ4v) is 2.06. The molecule has 1 saturated heterocycles. The molecular weight excluding hydrogens is 232 g/mol. The molecule has 1 fully saturated rings. The number of hydrogen-bond acceptors (Lipinski definition) is 3. The fourth-order valence-electron chi connectivity index (χ4n) is 2.06. The highest BCUT2D eigenvalue weighted by Crippen LogP contribution is 2.26. The van der Waals surface area contributed by atoms with Gasteiger partial charge in [0.05, 0.1) is 5.92 Å². The lowest BCUT2D eigenvalue weighted by molar-refractivity contribution is -0.138. The van der Waals surface area contributed by atoms with E-state index in [0.717, 1.165) is 4.90 Å². The Hall–Kier alpha value is -2.17. The first-order valence-electron chi connectivity index (χ1n) is 5.69. The molecule has 18 heavy (non-hydrogen) atoms. The molecular formula is C13H14N2O3. The van der Waals surface area contributed by atoms with Gasteiger partial charge in [-0.2, -0.15) is 0 Å². The molecule has 1 aliphatic rings. The third kappa shape index (κ3) is 1.99. The quantitative estimate of drug-likeness (QED) is 0.622. The van der Waals surface area contributed by atoms with E-state index in [2.05, 4.69) is 5.32 Å².